The van der Waals surface area contributed by atoms with Gasteiger partial charge < -0.3 is 28.8 Å². The summed E-state index contributed by atoms with van der Waals surface area (Å²) in [6.45, 7) is 6.40. The Kier molecular flexibility index (Phi) is 10.3. The van der Waals surface area contributed by atoms with Crippen molar-refractivity contribution in [2.24, 2.45) is 7.05 Å². The van der Waals surface area contributed by atoms with Crippen LogP contribution in [0.4, 0.5) is 17.3 Å². The predicted octanol–water partition coefficient (Wildman–Crippen LogP) is 3.55. The molecule has 0 aliphatic carbocycles. The first-order valence-electron chi connectivity index (χ1n) is 13.9. The number of ether oxygens (including phenoxy) is 3. The molecule has 14 heteroatoms. The standard InChI is InChI=1S/C29H39N7O6S/c1-7-36(8-2)18-25-32-26(19-34(25)3)43(38,39)33-28-29(31-22-13-10-9-12-21(22)30-28)35(4)23-16-20(40-5)17-24(41-6)27(23)42-15-11-14-37/h9-10,12-13,16-17,19,37H,7-8,11,14-15,18H2,1-6H3,(H,30,33). The van der Waals surface area contributed by atoms with E-state index in [1.807, 2.05) is 19.9 Å². The van der Waals surface area contributed by atoms with E-state index in [0.29, 0.717) is 52.8 Å². The summed E-state index contributed by atoms with van der Waals surface area (Å²) in [6, 6.07) is 10.6. The zero-order chi connectivity index (χ0) is 31.1. The number of rotatable bonds is 15. The van der Waals surface area contributed by atoms with Crippen LogP contribution in [0, 0.1) is 0 Å². The van der Waals surface area contributed by atoms with Crippen molar-refractivity contribution >= 4 is 38.4 Å². The lowest BCUT2D eigenvalue weighted by Gasteiger charge is -2.25. The first-order valence-corrected chi connectivity index (χ1v) is 15.4. The smallest absolute Gasteiger partial charge is 0.282 e. The summed E-state index contributed by atoms with van der Waals surface area (Å²) >= 11 is 0. The van der Waals surface area contributed by atoms with Crippen molar-refractivity contribution in [3.8, 4) is 17.2 Å². The van der Waals surface area contributed by atoms with Gasteiger partial charge in [0.15, 0.2) is 28.2 Å². The number of nitrogens with one attached hydrogen (secondary N) is 1. The van der Waals surface area contributed by atoms with E-state index >= 15 is 0 Å². The number of benzene rings is 2. The van der Waals surface area contributed by atoms with Crippen molar-refractivity contribution in [2.75, 3.05) is 57.2 Å². The lowest BCUT2D eigenvalue weighted by atomic mass is 10.2. The number of aryl methyl sites for hydroxylation is 1. The van der Waals surface area contributed by atoms with E-state index in [1.54, 1.807) is 53.9 Å². The molecule has 0 radical (unpaired) electrons. The molecule has 2 heterocycles. The van der Waals surface area contributed by atoms with E-state index in [-0.39, 0.29) is 29.9 Å². The summed E-state index contributed by atoms with van der Waals surface area (Å²) in [5.41, 5.74) is 1.55. The predicted molar refractivity (Wildman–Crippen MR) is 165 cm³/mol. The van der Waals surface area contributed by atoms with Gasteiger partial charge in [0.2, 0.25) is 0 Å². The number of sulfonamides is 1. The summed E-state index contributed by atoms with van der Waals surface area (Å²) in [7, 11) is 2.36. The zero-order valence-corrected chi connectivity index (χ0v) is 26.2. The zero-order valence-electron chi connectivity index (χ0n) is 25.4. The molecule has 0 aliphatic heterocycles. The summed E-state index contributed by atoms with van der Waals surface area (Å²) in [5, 5.41) is 9.17. The van der Waals surface area contributed by atoms with E-state index in [0.717, 1.165) is 13.1 Å². The van der Waals surface area contributed by atoms with Crippen LogP contribution in [-0.2, 0) is 23.6 Å². The molecule has 0 bridgehead atoms. The van der Waals surface area contributed by atoms with Gasteiger partial charge in [-0.05, 0) is 25.2 Å². The minimum absolute atomic E-state index is 0.000223. The van der Waals surface area contributed by atoms with Gasteiger partial charge in [-0.2, -0.15) is 8.42 Å². The number of aromatic nitrogens is 4. The fourth-order valence-electron chi connectivity index (χ4n) is 4.45. The van der Waals surface area contributed by atoms with Crippen molar-refractivity contribution in [1.82, 2.24) is 24.4 Å². The lowest BCUT2D eigenvalue weighted by Crippen LogP contribution is -2.24. The number of hydrogen-bond acceptors (Lipinski definition) is 11. The second-order valence-electron chi connectivity index (χ2n) is 9.72. The highest BCUT2D eigenvalue weighted by Crippen LogP contribution is 2.44. The summed E-state index contributed by atoms with van der Waals surface area (Å²) < 4.78 is 48.9. The normalized spacial score (nSPS) is 11.6. The van der Waals surface area contributed by atoms with E-state index < -0.39 is 10.0 Å². The molecule has 0 aliphatic rings. The Labute approximate surface area is 252 Å². The Morgan fingerprint density at radius 2 is 1.72 bits per heavy atom. The van der Waals surface area contributed by atoms with Crippen molar-refractivity contribution < 1.29 is 27.7 Å². The van der Waals surface area contributed by atoms with Crippen molar-refractivity contribution in [2.45, 2.75) is 31.8 Å². The van der Waals surface area contributed by atoms with E-state index in [1.165, 1.54) is 20.4 Å². The Balaban J connectivity index is 1.81. The second-order valence-corrected chi connectivity index (χ2v) is 11.3. The van der Waals surface area contributed by atoms with E-state index in [9.17, 15) is 13.5 Å². The molecular formula is C29H39N7O6S. The number of aliphatic hydroxyl groups excluding tert-OH is 1. The monoisotopic (exact) mass is 613 g/mol. The number of fused-ring (bicyclic) bond motifs is 1. The van der Waals surface area contributed by atoms with Gasteiger partial charge in [-0.25, -0.2) is 15.0 Å². The van der Waals surface area contributed by atoms with Crippen LogP contribution in [0.1, 0.15) is 26.1 Å². The molecule has 4 rings (SSSR count). The molecular weight excluding hydrogens is 574 g/mol. The quantitative estimate of drug-likeness (QED) is 0.190. The molecule has 43 heavy (non-hydrogen) atoms. The maximum absolute atomic E-state index is 13.7. The highest BCUT2D eigenvalue weighted by atomic mass is 32.2. The van der Waals surface area contributed by atoms with Gasteiger partial charge in [-0.1, -0.05) is 26.0 Å². The first-order chi connectivity index (χ1) is 20.6. The molecule has 0 atom stereocenters. The van der Waals surface area contributed by atoms with Crippen LogP contribution < -0.4 is 23.8 Å². The lowest BCUT2D eigenvalue weighted by molar-refractivity contribution is 0.228. The van der Waals surface area contributed by atoms with Gasteiger partial charge in [0, 0.05) is 45.5 Å². The number of hydrogen-bond donors (Lipinski definition) is 2. The van der Waals surface area contributed by atoms with Crippen LogP contribution >= 0.6 is 0 Å². The maximum atomic E-state index is 13.7. The fraction of sp³-hybridized carbons (Fsp3) is 0.414. The van der Waals surface area contributed by atoms with Gasteiger partial charge in [0.25, 0.3) is 10.0 Å². The molecule has 0 saturated heterocycles. The van der Waals surface area contributed by atoms with Crippen LogP contribution in [0.15, 0.2) is 47.6 Å². The minimum Gasteiger partial charge on any atom is -0.497 e. The average Bonchev–Trinajstić information content (AvgIpc) is 3.39. The average molecular weight is 614 g/mol. The Morgan fingerprint density at radius 1 is 1.02 bits per heavy atom. The maximum Gasteiger partial charge on any atom is 0.282 e. The number of methoxy groups -OCH3 is 2. The van der Waals surface area contributed by atoms with Crippen LogP contribution in [0.25, 0.3) is 11.0 Å². The number of aliphatic hydroxyl groups is 1. The number of anilines is 3. The van der Waals surface area contributed by atoms with Crippen molar-refractivity contribution in [3.63, 3.8) is 0 Å². The molecule has 2 aromatic carbocycles. The van der Waals surface area contributed by atoms with E-state index in [2.05, 4.69) is 19.6 Å². The second kappa shape index (κ2) is 13.9. The molecule has 0 spiro atoms. The molecule has 2 N–H and O–H groups in total. The van der Waals surface area contributed by atoms with Crippen LogP contribution in [0.2, 0.25) is 0 Å². The van der Waals surface area contributed by atoms with Gasteiger partial charge in [0.1, 0.15) is 11.6 Å². The van der Waals surface area contributed by atoms with Crippen molar-refractivity contribution in [1.29, 1.82) is 0 Å². The molecule has 232 valence electrons. The van der Waals surface area contributed by atoms with Crippen LogP contribution in [-0.4, -0.2) is 85.5 Å². The highest BCUT2D eigenvalue weighted by molar-refractivity contribution is 7.92. The summed E-state index contributed by atoms with van der Waals surface area (Å²) in [6.07, 6.45) is 1.89. The van der Waals surface area contributed by atoms with E-state index in [4.69, 9.17) is 19.2 Å². The largest absolute Gasteiger partial charge is 0.497 e. The highest BCUT2D eigenvalue weighted by Gasteiger charge is 2.27. The molecule has 0 unspecified atom stereocenters. The molecule has 4 aromatic rings. The van der Waals surface area contributed by atoms with Crippen molar-refractivity contribution in [3.05, 3.63) is 48.4 Å². The molecule has 2 aromatic heterocycles. The molecule has 0 fully saturated rings. The van der Waals surface area contributed by atoms with Crippen LogP contribution in [0.3, 0.4) is 0 Å². The number of nitrogens with zero attached hydrogens (tertiary/aromatic N) is 6. The third-order valence-electron chi connectivity index (χ3n) is 6.96. The molecule has 0 amide bonds. The van der Waals surface area contributed by atoms with Crippen LogP contribution in [0.5, 0.6) is 17.2 Å². The Bertz CT molecular complexity index is 1660. The van der Waals surface area contributed by atoms with Gasteiger partial charge in [-0.3, -0.25) is 9.62 Å². The third-order valence-corrected chi connectivity index (χ3v) is 8.17. The summed E-state index contributed by atoms with van der Waals surface area (Å²) in [5.74, 6) is 2.08. The first kappa shape index (κ1) is 31.8. The fourth-order valence-corrected chi connectivity index (χ4v) is 5.47. The SMILES string of the molecule is CCN(CC)Cc1nc(S(=O)(=O)Nc2nc3ccccc3nc2N(C)c2cc(OC)cc(OC)c2OCCCO)cn1C. The molecule has 0 saturated carbocycles. The Morgan fingerprint density at radius 3 is 2.35 bits per heavy atom. The number of para-hydroxylation sites is 2. The Hall–Kier alpha value is -4.14. The number of imidazole rings is 1. The van der Waals surface area contributed by atoms with Gasteiger partial charge >= 0.3 is 0 Å². The minimum atomic E-state index is -4.16. The summed E-state index contributed by atoms with van der Waals surface area (Å²) in [4.78, 5) is 17.7. The van der Waals surface area contributed by atoms with Gasteiger partial charge in [0.05, 0.1) is 44.1 Å². The molecule has 13 nitrogen and oxygen atoms in total. The topological polar surface area (TPSA) is 144 Å². The third kappa shape index (κ3) is 7.09. The van der Waals surface area contributed by atoms with Gasteiger partial charge in [-0.15, -0.1) is 0 Å².